The van der Waals surface area contributed by atoms with Crippen LogP contribution in [0, 0.1) is 12.8 Å². The molecule has 1 aliphatic heterocycles. The minimum absolute atomic E-state index is 0.0970. The summed E-state index contributed by atoms with van der Waals surface area (Å²) in [6.45, 7) is 9.34. The molecule has 2 amide bonds. The van der Waals surface area contributed by atoms with Gasteiger partial charge in [0.2, 0.25) is 5.91 Å². The topological polar surface area (TPSA) is 59.3 Å². The van der Waals surface area contributed by atoms with Gasteiger partial charge in [-0.2, -0.15) is 0 Å². The molecule has 7 rings (SSSR count). The number of hydrogen-bond donors (Lipinski definition) is 1. The van der Waals surface area contributed by atoms with Crippen molar-refractivity contribution >= 4 is 50.2 Å². The van der Waals surface area contributed by atoms with E-state index in [1.807, 2.05) is 47.4 Å². The first kappa shape index (κ1) is 28.0. The number of fused-ring (bicyclic) bond motifs is 5. The molecule has 0 spiro atoms. The molecule has 0 aliphatic carbocycles. The number of carbonyl (C=O) groups excluding carboxylic acids is 2. The maximum atomic E-state index is 14.4. The second kappa shape index (κ2) is 10.7. The summed E-state index contributed by atoms with van der Waals surface area (Å²) in [7, 11) is 2.07. The Labute approximate surface area is 257 Å². The zero-order valence-corrected chi connectivity index (χ0v) is 26.0. The third-order valence-electron chi connectivity index (χ3n) is 9.41. The average Bonchev–Trinajstić information content (AvgIpc) is 3.60. The van der Waals surface area contributed by atoms with E-state index in [1.165, 1.54) is 5.52 Å². The van der Waals surface area contributed by atoms with Crippen molar-refractivity contribution in [1.82, 2.24) is 14.0 Å². The molecular weight excluding hydrogens is 544 g/mol. The monoisotopic (exact) mass is 582 g/mol. The molecule has 2 unspecified atom stereocenters. The maximum absolute atomic E-state index is 14.4. The number of aryl methyl sites for hydroxylation is 2. The molecule has 6 heteroatoms. The molecule has 0 radical (unpaired) electrons. The van der Waals surface area contributed by atoms with Crippen molar-refractivity contribution in [3.63, 3.8) is 0 Å². The van der Waals surface area contributed by atoms with Crippen molar-refractivity contribution in [2.24, 2.45) is 13.0 Å². The van der Waals surface area contributed by atoms with Crippen LogP contribution in [0.25, 0.3) is 32.7 Å². The Morgan fingerprint density at radius 1 is 0.841 bits per heavy atom. The lowest BCUT2D eigenvalue weighted by Gasteiger charge is -2.34. The zero-order chi connectivity index (χ0) is 30.7. The number of anilines is 1. The predicted molar refractivity (Wildman–Crippen MR) is 179 cm³/mol. The van der Waals surface area contributed by atoms with E-state index < -0.39 is 6.04 Å². The molecule has 1 N–H and O–H groups in total. The summed E-state index contributed by atoms with van der Waals surface area (Å²) in [6, 6.07) is 29.7. The molecule has 0 fully saturated rings. The molecule has 0 bridgehead atoms. The number of carbonyl (C=O) groups is 2. The zero-order valence-electron chi connectivity index (χ0n) is 26.0. The number of amides is 2. The maximum Gasteiger partial charge on any atom is 0.255 e. The lowest BCUT2D eigenvalue weighted by Crippen LogP contribution is -2.47. The van der Waals surface area contributed by atoms with Gasteiger partial charge in [-0.1, -0.05) is 68.4 Å². The Hall–Kier alpha value is -4.84. The minimum atomic E-state index is -0.661. The van der Waals surface area contributed by atoms with Crippen molar-refractivity contribution in [2.45, 2.75) is 52.7 Å². The van der Waals surface area contributed by atoms with Crippen LogP contribution in [0.15, 0.2) is 91.0 Å². The number of aromatic nitrogens is 2. The van der Waals surface area contributed by atoms with E-state index in [1.54, 1.807) is 0 Å². The number of benzene rings is 4. The van der Waals surface area contributed by atoms with Gasteiger partial charge in [-0.3, -0.25) is 9.59 Å². The fourth-order valence-electron chi connectivity index (χ4n) is 7.34. The predicted octanol–water partition coefficient (Wildman–Crippen LogP) is 8.21. The van der Waals surface area contributed by atoms with Crippen molar-refractivity contribution in [1.29, 1.82) is 0 Å². The fraction of sp³-hybridized carbons (Fsp3) is 0.263. The summed E-state index contributed by atoms with van der Waals surface area (Å²) in [5.41, 5.74) is 7.96. The van der Waals surface area contributed by atoms with Crippen LogP contribution in [0.2, 0.25) is 0 Å². The van der Waals surface area contributed by atoms with Gasteiger partial charge in [0.25, 0.3) is 5.91 Å². The number of rotatable bonds is 7. The van der Waals surface area contributed by atoms with Crippen LogP contribution in [-0.4, -0.2) is 31.9 Å². The molecule has 4 aromatic carbocycles. The Balaban J connectivity index is 1.33. The third kappa shape index (κ3) is 4.23. The highest BCUT2D eigenvalue weighted by Gasteiger charge is 2.45. The molecule has 2 aromatic heterocycles. The van der Waals surface area contributed by atoms with E-state index in [0.717, 1.165) is 56.2 Å². The summed E-state index contributed by atoms with van der Waals surface area (Å²) in [5, 5.41) is 6.61. The van der Waals surface area contributed by atoms with Crippen LogP contribution in [-0.2, 0) is 18.4 Å². The third-order valence-corrected chi connectivity index (χ3v) is 9.41. The van der Waals surface area contributed by atoms with Crippen LogP contribution in [0.1, 0.15) is 60.4 Å². The fourth-order valence-corrected chi connectivity index (χ4v) is 7.34. The van der Waals surface area contributed by atoms with Crippen LogP contribution in [0.4, 0.5) is 5.69 Å². The van der Waals surface area contributed by atoms with E-state index in [2.05, 4.69) is 97.7 Å². The van der Waals surface area contributed by atoms with Crippen LogP contribution < -0.4 is 5.32 Å². The van der Waals surface area contributed by atoms with Gasteiger partial charge in [-0.25, -0.2) is 0 Å². The van der Waals surface area contributed by atoms with Gasteiger partial charge in [0.05, 0.1) is 6.04 Å². The molecular formula is C38H38N4O2. The normalized spacial score (nSPS) is 15.5. The largest absolute Gasteiger partial charge is 0.348 e. The van der Waals surface area contributed by atoms with Gasteiger partial charge < -0.3 is 19.4 Å². The lowest BCUT2D eigenvalue weighted by molar-refractivity contribution is -0.121. The summed E-state index contributed by atoms with van der Waals surface area (Å²) in [5.74, 6) is -0.0666. The molecule has 0 saturated heterocycles. The summed E-state index contributed by atoms with van der Waals surface area (Å²) in [4.78, 5) is 30.6. The van der Waals surface area contributed by atoms with E-state index in [-0.39, 0.29) is 23.8 Å². The van der Waals surface area contributed by atoms with Crippen LogP contribution >= 0.6 is 0 Å². The van der Waals surface area contributed by atoms with Gasteiger partial charge >= 0.3 is 0 Å². The summed E-state index contributed by atoms with van der Waals surface area (Å²) < 4.78 is 4.49. The molecule has 44 heavy (non-hydrogen) atoms. The van der Waals surface area contributed by atoms with Crippen molar-refractivity contribution in [3.05, 3.63) is 113 Å². The van der Waals surface area contributed by atoms with Crippen molar-refractivity contribution in [3.8, 4) is 0 Å². The Morgan fingerprint density at radius 2 is 1.50 bits per heavy atom. The molecule has 222 valence electrons. The smallest absolute Gasteiger partial charge is 0.255 e. The minimum Gasteiger partial charge on any atom is -0.348 e. The Morgan fingerprint density at radius 3 is 2.25 bits per heavy atom. The van der Waals surface area contributed by atoms with E-state index in [4.69, 9.17) is 0 Å². The SMILES string of the molecule is CCn1c2ccccc2c2cc(NC(=O)C(CC(C)C)N3C(=O)c4ccccc4C3c3c(C)n(C)c4ccccc34)ccc21. The van der Waals surface area contributed by atoms with Gasteiger partial charge in [-0.05, 0) is 68.1 Å². The van der Waals surface area contributed by atoms with Crippen LogP contribution in [0.5, 0.6) is 0 Å². The van der Waals surface area contributed by atoms with Gasteiger partial charge in [0.15, 0.2) is 0 Å². The van der Waals surface area contributed by atoms with Gasteiger partial charge in [-0.15, -0.1) is 0 Å². The number of nitrogens with one attached hydrogen (secondary N) is 1. The summed E-state index contributed by atoms with van der Waals surface area (Å²) >= 11 is 0. The van der Waals surface area contributed by atoms with Crippen LogP contribution in [0.3, 0.4) is 0 Å². The summed E-state index contributed by atoms with van der Waals surface area (Å²) in [6.07, 6.45) is 0.545. The molecule has 6 aromatic rings. The molecule has 1 aliphatic rings. The Bertz CT molecular complexity index is 2080. The number of hydrogen-bond acceptors (Lipinski definition) is 2. The molecule has 6 nitrogen and oxygen atoms in total. The number of nitrogens with zero attached hydrogens (tertiary/aromatic N) is 3. The number of para-hydroxylation sites is 2. The van der Waals surface area contributed by atoms with Crippen molar-refractivity contribution in [2.75, 3.05) is 5.32 Å². The first-order valence-electron chi connectivity index (χ1n) is 15.6. The standard InChI is InChI=1S/C38H38N4O2/c1-6-41-32-18-12-9-13-26(32)30-22-25(19-20-33(30)41)39-37(43)34(21-23(2)3)42-36(27-14-7-8-15-28(27)38(42)44)35-24(4)40(5)31-17-11-10-16-29(31)35/h7-20,22-23,34,36H,6,21H2,1-5H3,(H,39,43). The lowest BCUT2D eigenvalue weighted by atomic mass is 9.93. The van der Waals surface area contributed by atoms with E-state index >= 15 is 0 Å². The highest BCUT2D eigenvalue weighted by Crippen LogP contribution is 2.45. The Kier molecular flexibility index (Phi) is 6.80. The quantitative estimate of drug-likeness (QED) is 0.206. The van der Waals surface area contributed by atoms with E-state index in [9.17, 15) is 9.59 Å². The van der Waals surface area contributed by atoms with Crippen molar-refractivity contribution < 1.29 is 9.59 Å². The molecule has 3 heterocycles. The first-order chi connectivity index (χ1) is 21.3. The van der Waals surface area contributed by atoms with Gasteiger partial charge in [0.1, 0.15) is 6.04 Å². The highest BCUT2D eigenvalue weighted by molar-refractivity contribution is 6.10. The molecule has 0 saturated carbocycles. The second-order valence-electron chi connectivity index (χ2n) is 12.4. The first-order valence-corrected chi connectivity index (χ1v) is 15.6. The average molecular weight is 583 g/mol. The highest BCUT2D eigenvalue weighted by atomic mass is 16.2. The van der Waals surface area contributed by atoms with E-state index in [0.29, 0.717) is 12.0 Å². The second-order valence-corrected chi connectivity index (χ2v) is 12.4. The van der Waals surface area contributed by atoms with Gasteiger partial charge in [0, 0.05) is 68.8 Å². The molecule has 2 atom stereocenters.